The zero-order chi connectivity index (χ0) is 37.1. The number of benzene rings is 3. The zero-order valence-corrected chi connectivity index (χ0v) is 32.2. The van der Waals surface area contributed by atoms with Crippen LogP contribution >= 0.6 is 0 Å². The molecule has 0 N–H and O–H groups in total. The van der Waals surface area contributed by atoms with E-state index < -0.39 is 0 Å². The third kappa shape index (κ3) is 9.24. The maximum absolute atomic E-state index is 5.57. The first kappa shape index (κ1) is 37.0. The fourth-order valence-corrected chi connectivity index (χ4v) is 7.52. The third-order valence-electron chi connectivity index (χ3n) is 10.7. The standard InChI is InChI=1S/C45H54N6O3/c1-52-37-19-13-34(14-20-37)40(31-49-25-7-4-8-26-49)43-46-44(41(32-50-27-9-5-10-28-50)35-15-21-38(53-2)22-16-35)48-45(47-43)42(33-51-29-11-6-12-30-51)36-17-23-39(54-3)24-18-36/h13-24,31-33H,4-12,25-30H2,1-3H3/b40-31+,41-32+,42-33+. The molecule has 3 aliphatic rings. The normalized spacial score (nSPS) is 17.4. The molecule has 9 heteroatoms. The van der Waals surface area contributed by atoms with Gasteiger partial charge in [0, 0.05) is 74.6 Å². The van der Waals surface area contributed by atoms with Crippen molar-refractivity contribution in [3.05, 3.63) is 126 Å². The molecule has 3 aliphatic heterocycles. The van der Waals surface area contributed by atoms with Crippen LogP contribution in [-0.2, 0) is 0 Å². The molecule has 0 aliphatic carbocycles. The Hall–Kier alpha value is -5.31. The van der Waals surface area contributed by atoms with Crippen LogP contribution in [0.2, 0.25) is 0 Å². The molecule has 0 spiro atoms. The molecule has 0 bridgehead atoms. The predicted octanol–water partition coefficient (Wildman–Crippen LogP) is 8.52. The molecule has 3 saturated heterocycles. The highest BCUT2D eigenvalue weighted by molar-refractivity contribution is 5.83. The van der Waals surface area contributed by atoms with Crippen LogP contribution in [0.15, 0.2) is 91.4 Å². The van der Waals surface area contributed by atoms with Gasteiger partial charge in [-0.25, -0.2) is 15.0 Å². The summed E-state index contributed by atoms with van der Waals surface area (Å²) in [6.07, 6.45) is 17.6. The Balaban J connectivity index is 1.47. The Morgan fingerprint density at radius 2 is 0.630 bits per heavy atom. The average Bonchev–Trinajstić information content (AvgIpc) is 3.25. The van der Waals surface area contributed by atoms with E-state index in [0.717, 1.165) is 89.9 Å². The Bertz CT molecular complexity index is 1670. The summed E-state index contributed by atoms with van der Waals surface area (Å²) in [4.78, 5) is 23.5. The summed E-state index contributed by atoms with van der Waals surface area (Å²) in [6.45, 7) is 6.01. The maximum Gasteiger partial charge on any atom is 0.166 e. The molecule has 0 amide bonds. The lowest BCUT2D eigenvalue weighted by Crippen LogP contribution is -2.26. The van der Waals surface area contributed by atoms with Gasteiger partial charge in [0.1, 0.15) is 17.2 Å². The lowest BCUT2D eigenvalue weighted by atomic mass is 10.0. The van der Waals surface area contributed by atoms with Crippen LogP contribution in [0.5, 0.6) is 17.2 Å². The molecule has 1 aromatic heterocycles. The maximum atomic E-state index is 5.57. The van der Waals surface area contributed by atoms with Gasteiger partial charge in [0.05, 0.1) is 21.3 Å². The second kappa shape index (κ2) is 18.1. The van der Waals surface area contributed by atoms with Crippen LogP contribution < -0.4 is 14.2 Å². The molecule has 9 nitrogen and oxygen atoms in total. The van der Waals surface area contributed by atoms with Crippen LogP contribution in [0.25, 0.3) is 16.7 Å². The Labute approximate surface area is 321 Å². The van der Waals surface area contributed by atoms with Crippen molar-refractivity contribution in [3.63, 3.8) is 0 Å². The van der Waals surface area contributed by atoms with E-state index in [1.54, 1.807) is 21.3 Å². The number of nitrogens with zero attached hydrogens (tertiary/aromatic N) is 6. The number of piperidine rings is 3. The molecular formula is C45H54N6O3. The topological polar surface area (TPSA) is 76.1 Å². The van der Waals surface area contributed by atoms with Gasteiger partial charge in [0.25, 0.3) is 0 Å². The summed E-state index contributed by atoms with van der Waals surface area (Å²) in [5, 5.41) is 0. The van der Waals surface area contributed by atoms with E-state index in [4.69, 9.17) is 29.2 Å². The summed E-state index contributed by atoms with van der Waals surface area (Å²) in [7, 11) is 5.11. The smallest absolute Gasteiger partial charge is 0.166 e. The largest absolute Gasteiger partial charge is 0.497 e. The Kier molecular flexibility index (Phi) is 12.4. The quantitative estimate of drug-likeness (QED) is 0.143. The fraction of sp³-hybridized carbons (Fsp3) is 0.400. The lowest BCUT2D eigenvalue weighted by molar-refractivity contribution is 0.310. The van der Waals surface area contributed by atoms with Crippen molar-refractivity contribution < 1.29 is 14.2 Å². The molecule has 282 valence electrons. The first-order valence-corrected chi connectivity index (χ1v) is 19.7. The Morgan fingerprint density at radius 1 is 0.389 bits per heavy atom. The van der Waals surface area contributed by atoms with Gasteiger partial charge in [-0.2, -0.15) is 0 Å². The second-order valence-electron chi connectivity index (χ2n) is 14.4. The van der Waals surface area contributed by atoms with E-state index in [1.807, 2.05) is 36.4 Å². The van der Waals surface area contributed by atoms with Gasteiger partial charge in [-0.1, -0.05) is 36.4 Å². The molecule has 0 atom stereocenters. The minimum Gasteiger partial charge on any atom is -0.497 e. The first-order chi connectivity index (χ1) is 26.6. The predicted molar refractivity (Wildman–Crippen MR) is 216 cm³/mol. The molecule has 0 radical (unpaired) electrons. The summed E-state index contributed by atoms with van der Waals surface area (Å²) in [6, 6.07) is 24.8. The lowest BCUT2D eigenvalue weighted by Gasteiger charge is -2.27. The monoisotopic (exact) mass is 726 g/mol. The van der Waals surface area contributed by atoms with E-state index in [9.17, 15) is 0 Å². The molecule has 7 rings (SSSR count). The number of hydrogen-bond acceptors (Lipinski definition) is 9. The molecule has 0 saturated carbocycles. The minimum absolute atomic E-state index is 0.641. The van der Waals surface area contributed by atoms with E-state index in [1.165, 1.54) is 57.8 Å². The highest BCUT2D eigenvalue weighted by atomic mass is 16.5. The molecule has 4 heterocycles. The van der Waals surface area contributed by atoms with Gasteiger partial charge in [-0.15, -0.1) is 0 Å². The summed E-state index contributed by atoms with van der Waals surface area (Å²) in [5.74, 6) is 4.35. The molecule has 0 unspecified atom stereocenters. The molecular weight excluding hydrogens is 673 g/mol. The van der Waals surface area contributed by atoms with Crippen molar-refractivity contribution in [2.45, 2.75) is 57.8 Å². The van der Waals surface area contributed by atoms with Crippen molar-refractivity contribution in [1.29, 1.82) is 0 Å². The average molecular weight is 727 g/mol. The number of methoxy groups -OCH3 is 3. The van der Waals surface area contributed by atoms with Gasteiger partial charge in [-0.05, 0) is 111 Å². The van der Waals surface area contributed by atoms with Crippen LogP contribution in [0.1, 0.15) is 92.0 Å². The minimum atomic E-state index is 0.641. The highest BCUT2D eigenvalue weighted by Crippen LogP contribution is 2.32. The second-order valence-corrected chi connectivity index (χ2v) is 14.4. The number of aromatic nitrogens is 3. The van der Waals surface area contributed by atoms with Gasteiger partial charge in [-0.3, -0.25) is 0 Å². The SMILES string of the molecule is COc1ccc(/C(=C\N2CCCCC2)c2nc(/C(=C/N3CCCCC3)c3ccc(OC)cc3)nc(/C(=C/N3CCCCC3)c3ccc(OC)cc3)n2)cc1. The zero-order valence-electron chi connectivity index (χ0n) is 32.2. The van der Waals surface area contributed by atoms with Crippen molar-refractivity contribution in [2.24, 2.45) is 0 Å². The van der Waals surface area contributed by atoms with Crippen molar-refractivity contribution in [3.8, 4) is 17.2 Å². The van der Waals surface area contributed by atoms with Gasteiger partial charge < -0.3 is 28.9 Å². The van der Waals surface area contributed by atoms with Gasteiger partial charge in [0.15, 0.2) is 17.5 Å². The van der Waals surface area contributed by atoms with E-state index in [-0.39, 0.29) is 0 Å². The van der Waals surface area contributed by atoms with E-state index in [0.29, 0.717) is 17.5 Å². The summed E-state index contributed by atoms with van der Waals surface area (Å²) in [5.41, 5.74) is 5.97. The summed E-state index contributed by atoms with van der Waals surface area (Å²) >= 11 is 0. The van der Waals surface area contributed by atoms with Crippen molar-refractivity contribution in [1.82, 2.24) is 29.7 Å². The van der Waals surface area contributed by atoms with Crippen LogP contribution in [0, 0.1) is 0 Å². The van der Waals surface area contributed by atoms with E-state index >= 15 is 0 Å². The van der Waals surface area contributed by atoms with E-state index in [2.05, 4.69) is 69.7 Å². The Morgan fingerprint density at radius 3 is 0.852 bits per heavy atom. The van der Waals surface area contributed by atoms with Crippen LogP contribution in [0.4, 0.5) is 0 Å². The van der Waals surface area contributed by atoms with Gasteiger partial charge in [0.2, 0.25) is 0 Å². The van der Waals surface area contributed by atoms with Crippen LogP contribution in [0.3, 0.4) is 0 Å². The summed E-state index contributed by atoms with van der Waals surface area (Å²) < 4.78 is 16.7. The number of rotatable bonds is 12. The molecule has 54 heavy (non-hydrogen) atoms. The molecule has 3 fully saturated rings. The number of hydrogen-bond donors (Lipinski definition) is 0. The van der Waals surface area contributed by atoms with Crippen molar-refractivity contribution in [2.75, 3.05) is 60.6 Å². The number of likely N-dealkylation sites (tertiary alicyclic amines) is 3. The third-order valence-corrected chi connectivity index (χ3v) is 10.7. The fourth-order valence-electron chi connectivity index (χ4n) is 7.52. The highest BCUT2D eigenvalue weighted by Gasteiger charge is 2.23. The van der Waals surface area contributed by atoms with Gasteiger partial charge >= 0.3 is 0 Å². The van der Waals surface area contributed by atoms with Crippen molar-refractivity contribution >= 4 is 16.7 Å². The molecule has 4 aromatic rings. The molecule has 3 aromatic carbocycles. The first-order valence-electron chi connectivity index (χ1n) is 19.7. The van der Waals surface area contributed by atoms with Crippen LogP contribution in [-0.4, -0.2) is 90.2 Å². The number of ether oxygens (including phenoxy) is 3.